The Morgan fingerprint density at radius 1 is 1.56 bits per heavy atom. The molecule has 0 aromatic carbocycles. The highest BCUT2D eigenvalue weighted by molar-refractivity contribution is 6.30. The number of hydrogen-bond donors (Lipinski definition) is 1. The molecule has 0 bridgehead atoms. The fraction of sp³-hybridized carbons (Fsp3) is 0.750. The number of nitrogens with zero attached hydrogens (tertiary/aromatic N) is 2. The molecule has 0 saturated carbocycles. The van der Waals surface area contributed by atoms with E-state index in [0.29, 0.717) is 17.0 Å². The number of imidazole rings is 1. The van der Waals surface area contributed by atoms with Crippen molar-refractivity contribution in [2.45, 2.75) is 45.6 Å². The van der Waals surface area contributed by atoms with Crippen molar-refractivity contribution >= 4 is 11.6 Å². The van der Waals surface area contributed by atoms with Crippen molar-refractivity contribution in [3.05, 3.63) is 16.7 Å². The number of aromatic nitrogens is 2. The summed E-state index contributed by atoms with van der Waals surface area (Å²) in [4.78, 5) is 4.48. The lowest BCUT2D eigenvalue weighted by Gasteiger charge is -2.25. The van der Waals surface area contributed by atoms with Crippen LogP contribution in [0.4, 0.5) is 0 Å². The summed E-state index contributed by atoms with van der Waals surface area (Å²) in [6, 6.07) is 0. The molecule has 1 atom stereocenters. The molecule has 0 fully saturated rings. The van der Waals surface area contributed by atoms with E-state index in [-0.39, 0.29) is 0 Å². The first kappa shape index (κ1) is 11.9. The SMILES string of the molecule is CC(C)c1nc(Cl)c2n1CCC(CCN)C2. The third-order valence-corrected chi connectivity index (χ3v) is 3.69. The van der Waals surface area contributed by atoms with E-state index in [1.54, 1.807) is 0 Å². The van der Waals surface area contributed by atoms with Gasteiger partial charge in [0.2, 0.25) is 0 Å². The van der Waals surface area contributed by atoms with E-state index < -0.39 is 0 Å². The van der Waals surface area contributed by atoms with Crippen LogP contribution in [0.25, 0.3) is 0 Å². The highest BCUT2D eigenvalue weighted by Crippen LogP contribution is 2.31. The zero-order valence-electron chi connectivity index (χ0n) is 10.0. The van der Waals surface area contributed by atoms with Gasteiger partial charge in [-0.15, -0.1) is 0 Å². The van der Waals surface area contributed by atoms with E-state index in [1.165, 1.54) is 12.1 Å². The first-order chi connectivity index (χ1) is 7.63. The normalized spacial score (nSPS) is 20.2. The molecular formula is C12H20ClN3. The fourth-order valence-corrected chi connectivity index (χ4v) is 2.79. The molecule has 1 unspecified atom stereocenters. The largest absolute Gasteiger partial charge is 0.330 e. The van der Waals surface area contributed by atoms with Crippen molar-refractivity contribution in [2.24, 2.45) is 11.7 Å². The molecule has 2 N–H and O–H groups in total. The molecule has 16 heavy (non-hydrogen) atoms. The highest BCUT2D eigenvalue weighted by Gasteiger charge is 2.25. The molecule has 0 saturated heterocycles. The summed E-state index contributed by atoms with van der Waals surface area (Å²) in [5, 5.41) is 0.699. The summed E-state index contributed by atoms with van der Waals surface area (Å²) in [6.45, 7) is 6.15. The predicted octanol–water partition coefficient (Wildman–Crippen LogP) is 2.57. The van der Waals surface area contributed by atoms with Crippen molar-refractivity contribution in [1.82, 2.24) is 9.55 Å². The van der Waals surface area contributed by atoms with E-state index in [9.17, 15) is 0 Å². The lowest BCUT2D eigenvalue weighted by molar-refractivity contribution is 0.364. The maximum Gasteiger partial charge on any atom is 0.150 e. The summed E-state index contributed by atoms with van der Waals surface area (Å²) in [7, 11) is 0. The molecule has 1 aromatic heterocycles. The average molecular weight is 242 g/mol. The van der Waals surface area contributed by atoms with Crippen LogP contribution in [0.2, 0.25) is 5.15 Å². The van der Waals surface area contributed by atoms with Crippen LogP contribution < -0.4 is 5.73 Å². The van der Waals surface area contributed by atoms with Gasteiger partial charge in [0.25, 0.3) is 0 Å². The van der Waals surface area contributed by atoms with Gasteiger partial charge in [0.05, 0.1) is 5.69 Å². The zero-order valence-corrected chi connectivity index (χ0v) is 10.8. The number of nitrogens with two attached hydrogens (primary N) is 1. The third-order valence-electron chi connectivity index (χ3n) is 3.39. The minimum atomic E-state index is 0.442. The van der Waals surface area contributed by atoms with Crippen molar-refractivity contribution < 1.29 is 0 Å². The van der Waals surface area contributed by atoms with E-state index in [1.807, 2.05) is 0 Å². The summed E-state index contributed by atoms with van der Waals surface area (Å²) < 4.78 is 2.31. The Hall–Kier alpha value is -0.540. The summed E-state index contributed by atoms with van der Waals surface area (Å²) in [6.07, 6.45) is 3.34. The second kappa shape index (κ2) is 4.76. The minimum absolute atomic E-state index is 0.442. The number of halogens is 1. The average Bonchev–Trinajstić information content (AvgIpc) is 2.57. The molecule has 4 heteroatoms. The van der Waals surface area contributed by atoms with E-state index >= 15 is 0 Å². The Labute approximate surface area is 102 Å². The highest BCUT2D eigenvalue weighted by atomic mass is 35.5. The summed E-state index contributed by atoms with van der Waals surface area (Å²) in [5.41, 5.74) is 6.83. The molecule has 0 radical (unpaired) electrons. The molecule has 1 aromatic rings. The van der Waals surface area contributed by atoms with Crippen LogP contribution in [0.5, 0.6) is 0 Å². The molecule has 90 valence electrons. The van der Waals surface area contributed by atoms with E-state index in [0.717, 1.165) is 31.8 Å². The lowest BCUT2D eigenvalue weighted by atomic mass is 9.93. The molecule has 2 rings (SSSR count). The molecule has 2 heterocycles. The molecule has 1 aliphatic heterocycles. The molecule has 0 amide bonds. The van der Waals surface area contributed by atoms with Crippen LogP contribution in [0.15, 0.2) is 0 Å². The van der Waals surface area contributed by atoms with Gasteiger partial charge in [-0.25, -0.2) is 4.98 Å². The maximum atomic E-state index is 6.21. The van der Waals surface area contributed by atoms with Gasteiger partial charge >= 0.3 is 0 Å². The lowest BCUT2D eigenvalue weighted by Crippen LogP contribution is -2.22. The predicted molar refractivity (Wildman–Crippen MR) is 66.8 cm³/mol. The van der Waals surface area contributed by atoms with Crippen LogP contribution in [-0.4, -0.2) is 16.1 Å². The Balaban J connectivity index is 2.26. The quantitative estimate of drug-likeness (QED) is 0.884. The van der Waals surface area contributed by atoms with Crippen LogP contribution >= 0.6 is 11.6 Å². The number of rotatable bonds is 3. The van der Waals surface area contributed by atoms with Gasteiger partial charge in [-0.2, -0.15) is 0 Å². The van der Waals surface area contributed by atoms with Crippen LogP contribution in [0.1, 0.15) is 44.1 Å². The number of fused-ring (bicyclic) bond motifs is 1. The van der Waals surface area contributed by atoms with Crippen LogP contribution in [0, 0.1) is 5.92 Å². The smallest absolute Gasteiger partial charge is 0.150 e. The van der Waals surface area contributed by atoms with Gasteiger partial charge in [0.15, 0.2) is 5.15 Å². The standard InChI is InChI=1S/C12H20ClN3/c1-8(2)12-15-11(13)10-7-9(3-5-14)4-6-16(10)12/h8-9H,3-7,14H2,1-2H3. The Bertz CT molecular complexity index is 371. The van der Waals surface area contributed by atoms with Gasteiger partial charge in [-0.1, -0.05) is 25.4 Å². The molecular weight excluding hydrogens is 222 g/mol. The third kappa shape index (κ3) is 2.11. The van der Waals surface area contributed by atoms with Gasteiger partial charge in [-0.3, -0.25) is 0 Å². The molecule has 1 aliphatic rings. The molecule has 0 aliphatic carbocycles. The zero-order chi connectivity index (χ0) is 11.7. The number of hydrogen-bond acceptors (Lipinski definition) is 2. The molecule has 3 nitrogen and oxygen atoms in total. The topological polar surface area (TPSA) is 43.8 Å². The Morgan fingerprint density at radius 2 is 2.31 bits per heavy atom. The van der Waals surface area contributed by atoms with Crippen molar-refractivity contribution in [2.75, 3.05) is 6.54 Å². The first-order valence-corrected chi connectivity index (χ1v) is 6.46. The van der Waals surface area contributed by atoms with Crippen molar-refractivity contribution in [3.63, 3.8) is 0 Å². The monoisotopic (exact) mass is 241 g/mol. The molecule has 0 spiro atoms. The van der Waals surface area contributed by atoms with Gasteiger partial charge in [0.1, 0.15) is 5.82 Å². The van der Waals surface area contributed by atoms with Crippen LogP contribution in [0.3, 0.4) is 0 Å². The first-order valence-electron chi connectivity index (χ1n) is 6.08. The van der Waals surface area contributed by atoms with E-state index in [4.69, 9.17) is 17.3 Å². The van der Waals surface area contributed by atoms with Crippen LogP contribution in [-0.2, 0) is 13.0 Å². The van der Waals surface area contributed by atoms with E-state index in [2.05, 4.69) is 23.4 Å². The second-order valence-corrected chi connectivity index (χ2v) is 5.31. The van der Waals surface area contributed by atoms with Crippen molar-refractivity contribution in [3.8, 4) is 0 Å². The Morgan fingerprint density at radius 3 is 2.94 bits per heavy atom. The minimum Gasteiger partial charge on any atom is -0.330 e. The van der Waals surface area contributed by atoms with Gasteiger partial charge in [0, 0.05) is 12.5 Å². The maximum absolute atomic E-state index is 6.21. The second-order valence-electron chi connectivity index (χ2n) is 4.95. The summed E-state index contributed by atoms with van der Waals surface area (Å²) in [5.74, 6) is 2.26. The fourth-order valence-electron chi connectivity index (χ4n) is 2.53. The van der Waals surface area contributed by atoms with Gasteiger partial charge < -0.3 is 10.3 Å². The van der Waals surface area contributed by atoms with Crippen molar-refractivity contribution in [1.29, 1.82) is 0 Å². The van der Waals surface area contributed by atoms with Gasteiger partial charge in [-0.05, 0) is 31.7 Å². The Kier molecular flexibility index (Phi) is 3.55. The summed E-state index contributed by atoms with van der Waals surface area (Å²) >= 11 is 6.21.